The van der Waals surface area contributed by atoms with E-state index in [2.05, 4.69) is 38.4 Å². The molecule has 0 fully saturated rings. The van der Waals surface area contributed by atoms with E-state index >= 15 is 0 Å². The molecule has 1 atom stereocenters. The highest BCUT2D eigenvalue weighted by molar-refractivity contribution is 9.10. The molecule has 0 saturated heterocycles. The van der Waals surface area contributed by atoms with E-state index in [-0.39, 0.29) is 11.9 Å². The van der Waals surface area contributed by atoms with Crippen LogP contribution in [0, 0.1) is 0 Å². The first-order valence-electron chi connectivity index (χ1n) is 8.06. The van der Waals surface area contributed by atoms with Gasteiger partial charge in [0.1, 0.15) is 0 Å². The number of rotatable bonds is 2. The van der Waals surface area contributed by atoms with Crippen molar-refractivity contribution in [2.45, 2.75) is 25.3 Å². The molecule has 1 aromatic heterocycles. The molecule has 2 aromatic carbocycles. The zero-order valence-corrected chi connectivity index (χ0v) is 16.3. The monoisotopic (exact) mass is 436 g/mol. The summed E-state index contributed by atoms with van der Waals surface area (Å²) >= 11 is 15.5. The van der Waals surface area contributed by atoms with Crippen molar-refractivity contribution in [1.29, 1.82) is 0 Å². The van der Waals surface area contributed by atoms with Gasteiger partial charge in [-0.1, -0.05) is 39.1 Å². The smallest absolute Gasteiger partial charge is 0.251 e. The highest BCUT2D eigenvalue weighted by Gasteiger charge is 2.24. The van der Waals surface area contributed by atoms with Gasteiger partial charge in [-0.25, -0.2) is 0 Å². The fourth-order valence-corrected chi connectivity index (χ4v) is 4.08. The molecule has 1 aliphatic rings. The van der Waals surface area contributed by atoms with Gasteiger partial charge in [0.15, 0.2) is 0 Å². The second-order valence-corrected chi connectivity index (χ2v) is 8.04. The van der Waals surface area contributed by atoms with E-state index in [0.29, 0.717) is 15.6 Å². The molecule has 0 unspecified atom stereocenters. The Morgan fingerprint density at radius 1 is 1.16 bits per heavy atom. The number of hydrogen-bond acceptors (Lipinski definition) is 1. The van der Waals surface area contributed by atoms with E-state index < -0.39 is 0 Å². The molecular weight excluding hydrogens is 423 g/mol. The summed E-state index contributed by atoms with van der Waals surface area (Å²) in [5.41, 5.74) is 4.24. The molecule has 3 aromatic rings. The molecule has 0 spiro atoms. The summed E-state index contributed by atoms with van der Waals surface area (Å²) in [5, 5.41) is 5.19. The molecule has 0 saturated carbocycles. The number of carbonyl (C=O) groups excluding carboxylic acids is 1. The van der Waals surface area contributed by atoms with E-state index in [1.54, 1.807) is 18.2 Å². The molecule has 0 aliphatic heterocycles. The van der Waals surface area contributed by atoms with Crippen LogP contribution in [-0.4, -0.2) is 16.9 Å². The Morgan fingerprint density at radius 3 is 2.80 bits per heavy atom. The number of hydrogen-bond donors (Lipinski definition) is 2. The number of benzene rings is 2. The minimum Gasteiger partial charge on any atom is -0.358 e. The van der Waals surface area contributed by atoms with E-state index in [1.165, 1.54) is 16.6 Å². The third-order valence-electron chi connectivity index (χ3n) is 4.67. The minimum absolute atomic E-state index is 0.104. The van der Waals surface area contributed by atoms with Crippen molar-refractivity contribution in [1.82, 2.24) is 10.3 Å². The first kappa shape index (κ1) is 17.0. The lowest BCUT2D eigenvalue weighted by atomic mass is 9.91. The van der Waals surface area contributed by atoms with Crippen LogP contribution in [0.15, 0.2) is 40.9 Å². The highest BCUT2D eigenvalue weighted by Crippen LogP contribution is 2.31. The predicted octanol–water partition coefficient (Wildman–Crippen LogP) is 5.52. The lowest BCUT2D eigenvalue weighted by molar-refractivity contribution is 0.0933. The summed E-state index contributed by atoms with van der Waals surface area (Å²) < 4.78 is 1.06. The van der Waals surface area contributed by atoms with Crippen LogP contribution in [0.4, 0.5) is 0 Å². The number of aromatic nitrogens is 1. The van der Waals surface area contributed by atoms with Crippen molar-refractivity contribution < 1.29 is 4.79 Å². The SMILES string of the molecule is O=C(N[C@H]1CCc2[nH]c3ccc(Br)cc3c2C1)c1ccc(Cl)c(Cl)c1. The number of H-pyrrole nitrogens is 1. The number of carbonyl (C=O) groups is 1. The Balaban J connectivity index is 1.56. The molecule has 4 rings (SSSR count). The second-order valence-electron chi connectivity index (χ2n) is 6.31. The third kappa shape index (κ3) is 3.31. The lowest BCUT2D eigenvalue weighted by Crippen LogP contribution is -2.38. The van der Waals surface area contributed by atoms with Crippen LogP contribution < -0.4 is 5.32 Å². The van der Waals surface area contributed by atoms with Crippen LogP contribution in [0.3, 0.4) is 0 Å². The fraction of sp³-hybridized carbons (Fsp3) is 0.211. The lowest BCUT2D eigenvalue weighted by Gasteiger charge is -2.23. The van der Waals surface area contributed by atoms with Crippen LogP contribution in [0.1, 0.15) is 28.0 Å². The fourth-order valence-electron chi connectivity index (χ4n) is 3.42. The maximum Gasteiger partial charge on any atom is 0.251 e. The normalized spacial score (nSPS) is 16.7. The maximum atomic E-state index is 12.5. The maximum absolute atomic E-state index is 12.5. The number of aryl methyl sites for hydroxylation is 1. The summed E-state index contributed by atoms with van der Waals surface area (Å²) in [6.45, 7) is 0. The highest BCUT2D eigenvalue weighted by atomic mass is 79.9. The zero-order chi connectivity index (χ0) is 17.6. The topological polar surface area (TPSA) is 44.9 Å². The van der Waals surface area contributed by atoms with Crippen LogP contribution >= 0.6 is 39.1 Å². The van der Waals surface area contributed by atoms with Gasteiger partial charge in [-0.15, -0.1) is 0 Å². The summed E-state index contributed by atoms with van der Waals surface area (Å²) in [6, 6.07) is 11.3. The van der Waals surface area contributed by atoms with E-state index in [9.17, 15) is 4.79 Å². The van der Waals surface area contributed by atoms with Gasteiger partial charge in [-0.2, -0.15) is 0 Å². The third-order valence-corrected chi connectivity index (χ3v) is 5.90. The van der Waals surface area contributed by atoms with E-state index in [0.717, 1.165) is 29.3 Å². The molecule has 1 aliphatic carbocycles. The zero-order valence-electron chi connectivity index (χ0n) is 13.2. The van der Waals surface area contributed by atoms with Gasteiger partial charge >= 0.3 is 0 Å². The number of nitrogens with one attached hydrogen (secondary N) is 2. The average Bonchev–Trinajstić information content (AvgIpc) is 2.94. The van der Waals surface area contributed by atoms with Gasteiger partial charge in [0, 0.05) is 32.7 Å². The van der Waals surface area contributed by atoms with Gasteiger partial charge in [0.25, 0.3) is 5.91 Å². The number of amides is 1. The summed E-state index contributed by atoms with van der Waals surface area (Å²) in [5.74, 6) is -0.118. The van der Waals surface area contributed by atoms with E-state index in [1.807, 2.05) is 6.07 Å². The Kier molecular flexibility index (Phi) is 4.52. The van der Waals surface area contributed by atoms with Crippen molar-refractivity contribution in [3.8, 4) is 0 Å². The minimum atomic E-state index is -0.118. The summed E-state index contributed by atoms with van der Waals surface area (Å²) in [6.07, 6.45) is 2.65. The Morgan fingerprint density at radius 2 is 2.00 bits per heavy atom. The molecule has 1 heterocycles. The standard InChI is InChI=1S/C19H15BrCl2N2O/c20-11-2-5-17-13(8-11)14-9-12(3-6-18(14)24-17)23-19(25)10-1-4-15(21)16(22)7-10/h1-2,4-5,7-8,12,24H,3,6,9H2,(H,23,25)/t12-/m0/s1. The van der Waals surface area contributed by atoms with Gasteiger partial charge in [0.05, 0.1) is 10.0 Å². The van der Waals surface area contributed by atoms with Crippen molar-refractivity contribution in [3.05, 3.63) is 67.7 Å². The quantitative estimate of drug-likeness (QED) is 0.544. The molecule has 2 N–H and O–H groups in total. The number of halogens is 3. The van der Waals surface area contributed by atoms with Crippen LogP contribution in [0.5, 0.6) is 0 Å². The molecular formula is C19H15BrCl2N2O. The van der Waals surface area contributed by atoms with Crippen LogP contribution in [-0.2, 0) is 12.8 Å². The van der Waals surface area contributed by atoms with Gasteiger partial charge in [0.2, 0.25) is 0 Å². The molecule has 3 nitrogen and oxygen atoms in total. The first-order chi connectivity index (χ1) is 12.0. The van der Waals surface area contributed by atoms with Crippen molar-refractivity contribution in [2.24, 2.45) is 0 Å². The average molecular weight is 438 g/mol. The molecule has 1 amide bonds. The number of fused-ring (bicyclic) bond motifs is 3. The molecule has 0 radical (unpaired) electrons. The second kappa shape index (κ2) is 6.67. The molecule has 25 heavy (non-hydrogen) atoms. The number of aromatic amines is 1. The molecule has 128 valence electrons. The van der Waals surface area contributed by atoms with Crippen molar-refractivity contribution >= 4 is 55.9 Å². The van der Waals surface area contributed by atoms with E-state index in [4.69, 9.17) is 23.2 Å². The predicted molar refractivity (Wildman–Crippen MR) is 106 cm³/mol. The van der Waals surface area contributed by atoms with Crippen molar-refractivity contribution in [3.63, 3.8) is 0 Å². The first-order valence-corrected chi connectivity index (χ1v) is 9.61. The van der Waals surface area contributed by atoms with Gasteiger partial charge < -0.3 is 10.3 Å². The van der Waals surface area contributed by atoms with Gasteiger partial charge in [-0.05, 0) is 61.2 Å². The summed E-state index contributed by atoms with van der Waals surface area (Å²) in [4.78, 5) is 16.0. The Hall–Kier alpha value is -1.49. The van der Waals surface area contributed by atoms with Crippen molar-refractivity contribution in [2.75, 3.05) is 0 Å². The molecule has 6 heteroatoms. The van der Waals surface area contributed by atoms with Gasteiger partial charge in [-0.3, -0.25) is 4.79 Å². The van der Waals surface area contributed by atoms with Crippen LogP contribution in [0.2, 0.25) is 10.0 Å². The summed E-state index contributed by atoms with van der Waals surface area (Å²) in [7, 11) is 0. The molecule has 0 bridgehead atoms. The largest absolute Gasteiger partial charge is 0.358 e. The Bertz CT molecular complexity index is 983. The van der Waals surface area contributed by atoms with Crippen LogP contribution in [0.25, 0.3) is 10.9 Å². The Labute approximate surface area is 163 Å².